The Hall–Kier alpha value is -2.11. The molecule has 1 saturated heterocycles. The summed E-state index contributed by atoms with van der Waals surface area (Å²) in [7, 11) is 0. The van der Waals surface area contributed by atoms with Crippen LogP contribution in [0.15, 0.2) is 69.8 Å². The normalized spacial score (nSPS) is 15.5. The molecule has 5 heteroatoms. The average Bonchev–Trinajstić information content (AvgIpc) is 3.12. The number of rotatable bonds is 4. The van der Waals surface area contributed by atoms with Gasteiger partial charge in [-0.05, 0) is 40.2 Å². The van der Waals surface area contributed by atoms with Gasteiger partial charge < -0.3 is 9.32 Å². The van der Waals surface area contributed by atoms with Crippen molar-refractivity contribution >= 4 is 21.6 Å². The molecule has 0 saturated carbocycles. The highest BCUT2D eigenvalue weighted by molar-refractivity contribution is 9.10. The number of aromatic nitrogens is 1. The Morgan fingerprint density at radius 1 is 0.920 bits per heavy atom. The van der Waals surface area contributed by atoms with Crippen LogP contribution in [-0.4, -0.2) is 36.1 Å². The van der Waals surface area contributed by atoms with Crippen molar-refractivity contribution in [3.05, 3.63) is 71.0 Å². The lowest BCUT2D eigenvalue weighted by Crippen LogP contribution is -2.46. The van der Waals surface area contributed by atoms with Crippen LogP contribution in [0.4, 0.5) is 5.69 Å². The fourth-order valence-electron chi connectivity index (χ4n) is 3.17. The van der Waals surface area contributed by atoms with Crippen LogP contribution in [-0.2, 0) is 6.54 Å². The van der Waals surface area contributed by atoms with Crippen LogP contribution >= 0.6 is 15.9 Å². The third-order valence-corrected chi connectivity index (χ3v) is 5.23. The van der Waals surface area contributed by atoms with Gasteiger partial charge in [0.25, 0.3) is 0 Å². The monoisotopic (exact) mass is 397 g/mol. The van der Waals surface area contributed by atoms with Crippen LogP contribution in [0.25, 0.3) is 11.5 Å². The van der Waals surface area contributed by atoms with Crippen LogP contribution in [0.2, 0.25) is 0 Å². The average molecular weight is 398 g/mol. The van der Waals surface area contributed by atoms with Gasteiger partial charge in [-0.25, -0.2) is 4.98 Å². The smallest absolute Gasteiger partial charge is 0.227 e. The molecule has 2 heterocycles. The van der Waals surface area contributed by atoms with Crippen molar-refractivity contribution in [2.24, 2.45) is 0 Å². The second kappa shape index (κ2) is 7.42. The molecular weight excluding hydrogens is 378 g/mol. The topological polar surface area (TPSA) is 32.5 Å². The number of piperazine rings is 1. The molecule has 1 aliphatic rings. The van der Waals surface area contributed by atoms with E-state index in [0.717, 1.165) is 48.5 Å². The lowest BCUT2D eigenvalue weighted by Gasteiger charge is -2.35. The van der Waals surface area contributed by atoms with E-state index in [1.807, 2.05) is 24.3 Å². The number of oxazole rings is 1. The molecule has 0 spiro atoms. The van der Waals surface area contributed by atoms with Crippen LogP contribution < -0.4 is 4.90 Å². The summed E-state index contributed by atoms with van der Waals surface area (Å²) in [5.41, 5.74) is 3.28. The maximum Gasteiger partial charge on any atom is 0.227 e. The van der Waals surface area contributed by atoms with Crippen molar-refractivity contribution in [3.8, 4) is 11.5 Å². The van der Waals surface area contributed by atoms with Crippen LogP contribution in [0.1, 0.15) is 5.69 Å². The summed E-state index contributed by atoms with van der Waals surface area (Å²) in [6, 6.07) is 18.6. The zero-order chi connectivity index (χ0) is 17.1. The van der Waals surface area contributed by atoms with Gasteiger partial charge in [-0.1, -0.05) is 30.3 Å². The number of benzene rings is 2. The van der Waals surface area contributed by atoms with Crippen molar-refractivity contribution in [2.75, 3.05) is 31.1 Å². The number of hydrogen-bond donors (Lipinski definition) is 0. The highest BCUT2D eigenvalue weighted by atomic mass is 79.9. The summed E-state index contributed by atoms with van der Waals surface area (Å²) >= 11 is 3.55. The SMILES string of the molecule is Brc1ccccc1-c1nc(CN2CCN(c3ccccc3)CC2)co1. The van der Waals surface area contributed by atoms with Crippen molar-refractivity contribution in [2.45, 2.75) is 6.54 Å². The van der Waals surface area contributed by atoms with Crippen molar-refractivity contribution in [3.63, 3.8) is 0 Å². The predicted octanol–water partition coefficient (Wildman–Crippen LogP) is 4.43. The molecule has 0 bridgehead atoms. The Labute approximate surface area is 156 Å². The Balaban J connectivity index is 1.37. The van der Waals surface area contributed by atoms with Gasteiger partial charge in [0.05, 0.1) is 11.3 Å². The van der Waals surface area contributed by atoms with Crippen LogP contribution in [0.5, 0.6) is 0 Å². The molecule has 0 atom stereocenters. The molecule has 2 aromatic carbocycles. The molecule has 0 radical (unpaired) electrons. The predicted molar refractivity (Wildman–Crippen MR) is 104 cm³/mol. The first-order valence-electron chi connectivity index (χ1n) is 8.51. The van der Waals surface area contributed by atoms with Gasteiger partial charge in [-0.15, -0.1) is 0 Å². The van der Waals surface area contributed by atoms with Crippen molar-refractivity contribution < 1.29 is 4.42 Å². The van der Waals surface area contributed by atoms with E-state index in [1.54, 1.807) is 6.26 Å². The highest BCUT2D eigenvalue weighted by Crippen LogP contribution is 2.27. The molecule has 3 aromatic rings. The Morgan fingerprint density at radius 3 is 2.40 bits per heavy atom. The first kappa shape index (κ1) is 16.4. The molecule has 1 fully saturated rings. The van der Waals surface area contributed by atoms with Crippen LogP contribution in [0, 0.1) is 0 Å². The van der Waals surface area contributed by atoms with E-state index < -0.39 is 0 Å². The summed E-state index contributed by atoms with van der Waals surface area (Å²) in [5, 5.41) is 0. The minimum Gasteiger partial charge on any atom is -0.444 e. The van der Waals surface area contributed by atoms with E-state index in [0.29, 0.717) is 5.89 Å². The van der Waals surface area contributed by atoms with E-state index >= 15 is 0 Å². The molecule has 1 aliphatic heterocycles. The molecule has 4 rings (SSSR count). The summed E-state index contributed by atoms with van der Waals surface area (Å²) in [5.74, 6) is 0.672. The molecule has 0 amide bonds. The Morgan fingerprint density at radius 2 is 1.64 bits per heavy atom. The zero-order valence-electron chi connectivity index (χ0n) is 13.9. The first-order chi connectivity index (χ1) is 12.3. The standard InChI is InChI=1S/C20H20BrN3O/c21-19-9-5-4-8-18(19)20-22-16(15-25-20)14-23-10-12-24(13-11-23)17-6-2-1-3-7-17/h1-9,15H,10-14H2. The lowest BCUT2D eigenvalue weighted by molar-refractivity contribution is 0.247. The fourth-order valence-corrected chi connectivity index (χ4v) is 3.62. The first-order valence-corrected chi connectivity index (χ1v) is 9.30. The van der Waals surface area contributed by atoms with Gasteiger partial charge in [0.15, 0.2) is 0 Å². The number of para-hydroxylation sites is 1. The maximum absolute atomic E-state index is 5.69. The van der Waals surface area contributed by atoms with Gasteiger partial charge in [-0.2, -0.15) is 0 Å². The highest BCUT2D eigenvalue weighted by Gasteiger charge is 2.19. The van der Waals surface area contributed by atoms with Gasteiger partial charge in [0.1, 0.15) is 6.26 Å². The van der Waals surface area contributed by atoms with Crippen LogP contribution in [0.3, 0.4) is 0 Å². The number of anilines is 1. The van der Waals surface area contributed by atoms with E-state index in [-0.39, 0.29) is 0 Å². The van der Waals surface area contributed by atoms with Gasteiger partial charge in [0, 0.05) is 42.9 Å². The molecule has 0 unspecified atom stereocenters. The lowest BCUT2D eigenvalue weighted by atomic mass is 10.2. The molecule has 0 aliphatic carbocycles. The Kier molecular flexibility index (Phi) is 4.85. The minimum atomic E-state index is 0.672. The van der Waals surface area contributed by atoms with Crippen molar-refractivity contribution in [1.82, 2.24) is 9.88 Å². The second-order valence-corrected chi connectivity index (χ2v) is 7.08. The maximum atomic E-state index is 5.69. The van der Waals surface area contributed by atoms with E-state index in [2.05, 4.69) is 61.0 Å². The summed E-state index contributed by atoms with van der Waals surface area (Å²) in [4.78, 5) is 9.53. The van der Waals surface area contributed by atoms with Gasteiger partial charge >= 0.3 is 0 Å². The molecule has 0 N–H and O–H groups in total. The summed E-state index contributed by atoms with van der Waals surface area (Å²) < 4.78 is 6.69. The third-order valence-electron chi connectivity index (χ3n) is 4.54. The largest absolute Gasteiger partial charge is 0.444 e. The molecule has 4 nitrogen and oxygen atoms in total. The molecule has 1 aromatic heterocycles. The third kappa shape index (κ3) is 3.78. The van der Waals surface area contributed by atoms with E-state index in [9.17, 15) is 0 Å². The minimum absolute atomic E-state index is 0.672. The van der Waals surface area contributed by atoms with Crippen molar-refractivity contribution in [1.29, 1.82) is 0 Å². The zero-order valence-corrected chi connectivity index (χ0v) is 15.5. The molecule has 25 heavy (non-hydrogen) atoms. The molecular formula is C20H20BrN3O. The Bertz CT molecular complexity index is 826. The number of halogens is 1. The van der Waals surface area contributed by atoms with Gasteiger partial charge in [0.2, 0.25) is 5.89 Å². The summed E-state index contributed by atoms with van der Waals surface area (Å²) in [6.45, 7) is 4.98. The molecule has 128 valence electrons. The number of hydrogen-bond acceptors (Lipinski definition) is 4. The summed E-state index contributed by atoms with van der Waals surface area (Å²) in [6.07, 6.45) is 1.78. The number of nitrogens with zero attached hydrogens (tertiary/aromatic N) is 3. The van der Waals surface area contributed by atoms with Gasteiger partial charge in [-0.3, -0.25) is 4.90 Å². The van der Waals surface area contributed by atoms with E-state index in [4.69, 9.17) is 4.42 Å². The second-order valence-electron chi connectivity index (χ2n) is 6.22. The van der Waals surface area contributed by atoms with E-state index in [1.165, 1.54) is 5.69 Å². The quantitative estimate of drug-likeness (QED) is 0.651. The fraction of sp³-hybridized carbons (Fsp3) is 0.250.